The molecule has 0 radical (unpaired) electrons. The molecule has 0 saturated heterocycles. The van der Waals surface area contributed by atoms with Crippen LogP contribution < -0.4 is 5.76 Å². The molecule has 2 heterocycles. The highest BCUT2D eigenvalue weighted by Crippen LogP contribution is 2.20. The predicted molar refractivity (Wildman–Crippen MR) is 52.1 cm³/mol. The van der Waals surface area contributed by atoms with E-state index in [0.29, 0.717) is 0 Å². The van der Waals surface area contributed by atoms with Crippen LogP contribution in [-0.2, 0) is 6.54 Å². The summed E-state index contributed by atoms with van der Waals surface area (Å²) >= 11 is 0. The van der Waals surface area contributed by atoms with Crippen molar-refractivity contribution in [3.63, 3.8) is 0 Å². The molecule has 0 bridgehead atoms. The van der Waals surface area contributed by atoms with E-state index in [1.54, 1.807) is 0 Å². The number of rotatable bonds is 4. The lowest BCUT2D eigenvalue weighted by Crippen LogP contribution is -2.07. The monoisotopic (exact) mass is 241 g/mol. The van der Waals surface area contributed by atoms with Crippen molar-refractivity contribution in [2.75, 3.05) is 6.61 Å². The molecule has 2 aromatic heterocycles. The third-order valence-corrected chi connectivity index (χ3v) is 1.97. The standard InChI is InChI=1S/C7H7N5O5/c13-2-1-11-4(12(15)16)3-8-5(11)6-9-10-7(14)17-6/h3,13H,1-2H2,(H,10,14). The molecular weight excluding hydrogens is 234 g/mol. The van der Waals surface area contributed by atoms with Gasteiger partial charge in [0.25, 0.3) is 5.82 Å². The third kappa shape index (κ3) is 1.92. The van der Waals surface area contributed by atoms with Crippen LogP contribution in [0.25, 0.3) is 11.7 Å². The Kier molecular flexibility index (Phi) is 2.70. The molecule has 0 spiro atoms. The van der Waals surface area contributed by atoms with Crippen molar-refractivity contribution < 1.29 is 14.4 Å². The number of nitrogens with zero attached hydrogens (tertiary/aromatic N) is 4. The molecule has 90 valence electrons. The van der Waals surface area contributed by atoms with Gasteiger partial charge in [0.15, 0.2) is 0 Å². The van der Waals surface area contributed by atoms with Crippen molar-refractivity contribution in [2.45, 2.75) is 6.54 Å². The zero-order chi connectivity index (χ0) is 12.4. The van der Waals surface area contributed by atoms with Gasteiger partial charge in [-0.25, -0.2) is 14.9 Å². The minimum atomic E-state index is -0.791. The van der Waals surface area contributed by atoms with Crippen molar-refractivity contribution in [2.24, 2.45) is 0 Å². The molecule has 0 fully saturated rings. The summed E-state index contributed by atoms with van der Waals surface area (Å²) in [5.74, 6) is -1.28. The molecule has 0 aliphatic heterocycles. The van der Waals surface area contributed by atoms with Gasteiger partial charge in [-0.3, -0.25) is 0 Å². The Morgan fingerprint density at radius 3 is 2.94 bits per heavy atom. The number of aliphatic hydroxyl groups excluding tert-OH is 1. The SMILES string of the molecule is O=c1[nH]nc(-c2ncc([N+](=O)[O-])n2CCO)o1. The minimum absolute atomic E-state index is 0.00380. The molecule has 0 atom stereocenters. The average molecular weight is 241 g/mol. The summed E-state index contributed by atoms with van der Waals surface area (Å²) in [6.07, 6.45) is 1.000. The van der Waals surface area contributed by atoms with Gasteiger partial charge in [0, 0.05) is 0 Å². The maximum absolute atomic E-state index is 10.8. The van der Waals surface area contributed by atoms with Crippen LogP contribution in [0.5, 0.6) is 0 Å². The second-order valence-corrected chi connectivity index (χ2v) is 2.99. The number of nitro groups is 1. The molecule has 10 nitrogen and oxygen atoms in total. The largest absolute Gasteiger partial charge is 0.434 e. The Morgan fingerprint density at radius 2 is 2.41 bits per heavy atom. The highest BCUT2D eigenvalue weighted by atomic mass is 16.6. The highest BCUT2D eigenvalue weighted by molar-refractivity contribution is 5.44. The molecule has 2 N–H and O–H groups in total. The van der Waals surface area contributed by atoms with Crippen LogP contribution in [-0.4, -0.2) is 36.4 Å². The third-order valence-electron chi connectivity index (χ3n) is 1.97. The van der Waals surface area contributed by atoms with Gasteiger partial charge in [-0.05, 0) is 4.92 Å². The molecule has 0 aliphatic carbocycles. The molecule has 0 aliphatic rings. The quantitative estimate of drug-likeness (QED) is 0.523. The van der Waals surface area contributed by atoms with E-state index >= 15 is 0 Å². The summed E-state index contributed by atoms with van der Waals surface area (Å²) < 4.78 is 5.74. The van der Waals surface area contributed by atoms with Gasteiger partial charge in [-0.2, -0.15) is 4.57 Å². The van der Waals surface area contributed by atoms with Crippen LogP contribution in [0.4, 0.5) is 5.82 Å². The summed E-state index contributed by atoms with van der Waals surface area (Å²) in [5.41, 5.74) is 0. The molecule has 0 unspecified atom stereocenters. The van der Waals surface area contributed by atoms with E-state index in [1.165, 1.54) is 0 Å². The summed E-state index contributed by atoms with van der Waals surface area (Å²) in [4.78, 5) is 24.5. The number of nitrogens with one attached hydrogen (secondary N) is 1. The van der Waals surface area contributed by atoms with Crippen LogP contribution in [0.15, 0.2) is 15.4 Å². The first kappa shape index (κ1) is 11.0. The van der Waals surface area contributed by atoms with Gasteiger partial charge >= 0.3 is 17.5 Å². The fraction of sp³-hybridized carbons (Fsp3) is 0.286. The number of hydrogen-bond donors (Lipinski definition) is 2. The van der Waals surface area contributed by atoms with E-state index in [4.69, 9.17) is 5.11 Å². The number of aromatic nitrogens is 4. The Labute approximate surface area is 92.7 Å². The number of H-pyrrole nitrogens is 1. The van der Waals surface area contributed by atoms with Gasteiger partial charge in [0.1, 0.15) is 12.7 Å². The van der Waals surface area contributed by atoms with Crippen molar-refractivity contribution in [1.29, 1.82) is 0 Å². The van der Waals surface area contributed by atoms with E-state index in [1.807, 2.05) is 5.10 Å². The minimum Gasteiger partial charge on any atom is -0.392 e. The Morgan fingerprint density at radius 1 is 1.65 bits per heavy atom. The van der Waals surface area contributed by atoms with Crippen molar-refractivity contribution in [3.05, 3.63) is 26.9 Å². The fourth-order valence-corrected chi connectivity index (χ4v) is 1.33. The Balaban J connectivity index is 2.54. The van der Waals surface area contributed by atoms with Crippen molar-refractivity contribution in [3.8, 4) is 11.7 Å². The first-order chi connectivity index (χ1) is 8.13. The van der Waals surface area contributed by atoms with E-state index < -0.39 is 10.7 Å². The van der Waals surface area contributed by atoms with E-state index in [9.17, 15) is 14.9 Å². The highest BCUT2D eigenvalue weighted by Gasteiger charge is 2.24. The zero-order valence-electron chi connectivity index (χ0n) is 8.36. The fourth-order valence-electron chi connectivity index (χ4n) is 1.33. The molecule has 0 aromatic carbocycles. The first-order valence-electron chi connectivity index (χ1n) is 4.50. The first-order valence-corrected chi connectivity index (χ1v) is 4.50. The van der Waals surface area contributed by atoms with Gasteiger partial charge in [-0.15, -0.1) is 5.10 Å². The van der Waals surface area contributed by atoms with Gasteiger partial charge < -0.3 is 19.6 Å². The predicted octanol–water partition coefficient (Wildman–Crippen LogP) is -0.873. The van der Waals surface area contributed by atoms with Crippen molar-refractivity contribution in [1.82, 2.24) is 19.7 Å². The second kappa shape index (κ2) is 4.17. The maximum Gasteiger partial charge on any atom is 0.434 e. The second-order valence-electron chi connectivity index (χ2n) is 2.99. The number of aliphatic hydroxyl groups is 1. The van der Waals surface area contributed by atoms with Gasteiger partial charge in [0.05, 0.1) is 6.61 Å². The van der Waals surface area contributed by atoms with Gasteiger partial charge in [0.2, 0.25) is 0 Å². The van der Waals surface area contributed by atoms with Crippen LogP contribution in [0.2, 0.25) is 0 Å². The number of imidazole rings is 1. The molecular formula is C7H7N5O5. The molecule has 10 heteroatoms. The molecule has 2 rings (SSSR count). The Hall–Kier alpha value is -2.49. The van der Waals surface area contributed by atoms with E-state index in [2.05, 4.69) is 14.5 Å². The van der Waals surface area contributed by atoms with E-state index in [0.717, 1.165) is 10.8 Å². The maximum atomic E-state index is 10.8. The van der Waals surface area contributed by atoms with E-state index in [-0.39, 0.29) is 30.7 Å². The van der Waals surface area contributed by atoms with Crippen LogP contribution >= 0.6 is 0 Å². The van der Waals surface area contributed by atoms with Crippen LogP contribution in [0, 0.1) is 10.1 Å². The lowest BCUT2D eigenvalue weighted by molar-refractivity contribution is -0.392. The topological polar surface area (TPSA) is 140 Å². The summed E-state index contributed by atoms with van der Waals surface area (Å²) in [5, 5.41) is 25.0. The number of hydrogen-bond acceptors (Lipinski definition) is 7. The van der Waals surface area contributed by atoms with Gasteiger partial charge in [-0.1, -0.05) is 0 Å². The lowest BCUT2D eigenvalue weighted by Gasteiger charge is -1.99. The van der Waals surface area contributed by atoms with Crippen LogP contribution in [0.3, 0.4) is 0 Å². The summed E-state index contributed by atoms with van der Waals surface area (Å²) in [6.45, 7) is -0.374. The smallest absolute Gasteiger partial charge is 0.392 e. The normalized spacial score (nSPS) is 10.6. The molecule has 17 heavy (non-hydrogen) atoms. The van der Waals surface area contributed by atoms with Crippen molar-refractivity contribution >= 4 is 5.82 Å². The van der Waals surface area contributed by atoms with Crippen LogP contribution in [0.1, 0.15) is 0 Å². The lowest BCUT2D eigenvalue weighted by atomic mass is 10.5. The molecule has 0 amide bonds. The molecule has 2 aromatic rings. The number of aromatic amines is 1. The summed E-state index contributed by atoms with van der Waals surface area (Å²) in [6, 6.07) is 0. The summed E-state index contributed by atoms with van der Waals surface area (Å²) in [7, 11) is 0. The Bertz CT molecular complexity index is 596. The average Bonchev–Trinajstić information content (AvgIpc) is 2.85. The molecule has 0 saturated carbocycles. The zero-order valence-corrected chi connectivity index (χ0v) is 8.36.